The highest BCUT2D eigenvalue weighted by molar-refractivity contribution is 5.50. The minimum absolute atomic E-state index is 0.178. The van der Waals surface area contributed by atoms with Gasteiger partial charge in [0, 0.05) is 6.42 Å². The fraction of sp³-hybridized carbons (Fsp3) is 0.667. The van der Waals surface area contributed by atoms with Crippen LogP contribution in [-0.2, 0) is 9.53 Å². The van der Waals surface area contributed by atoms with Gasteiger partial charge in [0.15, 0.2) is 0 Å². The van der Waals surface area contributed by atoms with Crippen molar-refractivity contribution in [3.05, 3.63) is 12.7 Å². The third kappa shape index (κ3) is 2.46. The molecule has 0 bridgehead atoms. The van der Waals surface area contributed by atoms with E-state index in [0.717, 1.165) is 25.5 Å². The lowest BCUT2D eigenvalue weighted by Crippen LogP contribution is -2.10. The SMILES string of the molecule is C=CC[C@@H]1CC[C@@H](CC=O)O1. The first-order valence-corrected chi connectivity index (χ1v) is 4.06. The second kappa shape index (κ2) is 4.29. The van der Waals surface area contributed by atoms with Crippen LogP contribution in [0, 0.1) is 0 Å². The van der Waals surface area contributed by atoms with Crippen LogP contribution in [-0.4, -0.2) is 18.5 Å². The highest BCUT2D eigenvalue weighted by Gasteiger charge is 2.23. The number of aldehydes is 1. The van der Waals surface area contributed by atoms with E-state index in [1.54, 1.807) is 0 Å². The standard InChI is InChI=1S/C9H14O2/c1-2-3-8-4-5-9(11-8)6-7-10/h2,7-9H,1,3-6H2/t8-,9+/m1/s1. The lowest BCUT2D eigenvalue weighted by molar-refractivity contribution is -0.110. The Bertz CT molecular complexity index is 126. The molecule has 0 aromatic rings. The van der Waals surface area contributed by atoms with Gasteiger partial charge in [-0.1, -0.05) is 6.08 Å². The molecule has 1 aliphatic heterocycles. The van der Waals surface area contributed by atoms with E-state index in [9.17, 15) is 4.79 Å². The third-order valence-electron chi connectivity index (χ3n) is 1.98. The molecule has 0 amide bonds. The summed E-state index contributed by atoms with van der Waals surface area (Å²) >= 11 is 0. The van der Waals surface area contributed by atoms with Crippen LogP contribution in [0.1, 0.15) is 25.7 Å². The topological polar surface area (TPSA) is 26.3 Å². The van der Waals surface area contributed by atoms with Crippen molar-refractivity contribution in [3.8, 4) is 0 Å². The number of hydrogen-bond donors (Lipinski definition) is 0. The van der Waals surface area contributed by atoms with Gasteiger partial charge >= 0.3 is 0 Å². The molecule has 1 saturated heterocycles. The fourth-order valence-electron chi connectivity index (χ4n) is 1.42. The number of hydrogen-bond acceptors (Lipinski definition) is 2. The van der Waals surface area contributed by atoms with Gasteiger partial charge in [0.2, 0.25) is 0 Å². The number of ether oxygens (including phenoxy) is 1. The molecule has 1 heterocycles. The van der Waals surface area contributed by atoms with E-state index in [1.165, 1.54) is 0 Å². The minimum atomic E-state index is 0.178. The smallest absolute Gasteiger partial charge is 0.122 e. The molecular formula is C9H14O2. The Morgan fingerprint density at radius 2 is 2.00 bits per heavy atom. The Kier molecular flexibility index (Phi) is 3.30. The molecule has 0 aliphatic carbocycles. The maximum Gasteiger partial charge on any atom is 0.122 e. The average Bonchev–Trinajstić information content (AvgIpc) is 2.38. The molecule has 62 valence electrons. The van der Waals surface area contributed by atoms with Gasteiger partial charge < -0.3 is 9.53 Å². The predicted molar refractivity (Wildman–Crippen MR) is 43.4 cm³/mol. The van der Waals surface area contributed by atoms with Crippen molar-refractivity contribution in [1.82, 2.24) is 0 Å². The monoisotopic (exact) mass is 154 g/mol. The molecule has 2 nitrogen and oxygen atoms in total. The lowest BCUT2D eigenvalue weighted by atomic mass is 10.1. The zero-order valence-corrected chi connectivity index (χ0v) is 6.66. The first-order chi connectivity index (χ1) is 5.36. The van der Waals surface area contributed by atoms with E-state index in [4.69, 9.17) is 4.74 Å². The van der Waals surface area contributed by atoms with Crippen molar-refractivity contribution < 1.29 is 9.53 Å². The predicted octanol–water partition coefficient (Wildman–Crippen LogP) is 1.70. The highest BCUT2D eigenvalue weighted by Crippen LogP contribution is 2.23. The summed E-state index contributed by atoms with van der Waals surface area (Å²) in [5.41, 5.74) is 0. The van der Waals surface area contributed by atoms with E-state index in [2.05, 4.69) is 6.58 Å². The molecule has 2 atom stereocenters. The van der Waals surface area contributed by atoms with E-state index < -0.39 is 0 Å². The van der Waals surface area contributed by atoms with Crippen LogP contribution in [0.5, 0.6) is 0 Å². The summed E-state index contributed by atoms with van der Waals surface area (Å²) in [6, 6.07) is 0. The van der Waals surface area contributed by atoms with Crippen molar-refractivity contribution in [2.45, 2.75) is 37.9 Å². The first kappa shape index (κ1) is 8.47. The van der Waals surface area contributed by atoms with E-state index in [0.29, 0.717) is 12.5 Å². The summed E-state index contributed by atoms with van der Waals surface area (Å²) in [5.74, 6) is 0. The van der Waals surface area contributed by atoms with Crippen LogP contribution in [0.2, 0.25) is 0 Å². The highest BCUT2D eigenvalue weighted by atomic mass is 16.5. The molecule has 1 fully saturated rings. The molecule has 0 saturated carbocycles. The van der Waals surface area contributed by atoms with Crippen LogP contribution in [0.4, 0.5) is 0 Å². The Balaban J connectivity index is 2.22. The average molecular weight is 154 g/mol. The summed E-state index contributed by atoms with van der Waals surface area (Å²) in [4.78, 5) is 10.1. The Labute approximate surface area is 67.2 Å². The van der Waals surface area contributed by atoms with Crippen LogP contribution in [0.25, 0.3) is 0 Å². The summed E-state index contributed by atoms with van der Waals surface area (Å²) in [6.07, 6.45) is 6.86. The van der Waals surface area contributed by atoms with Gasteiger partial charge in [-0.15, -0.1) is 6.58 Å². The fourth-order valence-corrected chi connectivity index (χ4v) is 1.42. The van der Waals surface area contributed by atoms with Crippen molar-refractivity contribution in [3.63, 3.8) is 0 Å². The Hall–Kier alpha value is -0.630. The number of carbonyl (C=O) groups excluding carboxylic acids is 1. The van der Waals surface area contributed by atoms with E-state index >= 15 is 0 Å². The summed E-state index contributed by atoms with van der Waals surface area (Å²) in [5, 5.41) is 0. The largest absolute Gasteiger partial charge is 0.374 e. The molecule has 1 aliphatic rings. The molecule has 0 spiro atoms. The lowest BCUT2D eigenvalue weighted by Gasteiger charge is -2.08. The third-order valence-corrected chi connectivity index (χ3v) is 1.98. The van der Waals surface area contributed by atoms with E-state index in [1.807, 2.05) is 6.08 Å². The molecule has 0 unspecified atom stereocenters. The molecule has 1 rings (SSSR count). The molecule has 0 aromatic heterocycles. The van der Waals surface area contributed by atoms with Crippen molar-refractivity contribution in [2.24, 2.45) is 0 Å². The molecule has 0 N–H and O–H groups in total. The van der Waals surface area contributed by atoms with Gasteiger partial charge in [-0.25, -0.2) is 0 Å². The molecule has 2 heteroatoms. The van der Waals surface area contributed by atoms with Crippen LogP contribution < -0.4 is 0 Å². The van der Waals surface area contributed by atoms with Gasteiger partial charge in [0.25, 0.3) is 0 Å². The van der Waals surface area contributed by atoms with Crippen molar-refractivity contribution >= 4 is 6.29 Å². The minimum Gasteiger partial charge on any atom is -0.374 e. The summed E-state index contributed by atoms with van der Waals surface area (Å²) in [7, 11) is 0. The normalized spacial score (nSPS) is 30.2. The van der Waals surface area contributed by atoms with Crippen LogP contribution >= 0.6 is 0 Å². The van der Waals surface area contributed by atoms with Crippen molar-refractivity contribution in [2.75, 3.05) is 0 Å². The number of rotatable bonds is 4. The van der Waals surface area contributed by atoms with Gasteiger partial charge in [-0.3, -0.25) is 0 Å². The first-order valence-electron chi connectivity index (χ1n) is 4.06. The maximum atomic E-state index is 10.1. The van der Waals surface area contributed by atoms with Crippen LogP contribution in [0.3, 0.4) is 0 Å². The summed E-state index contributed by atoms with van der Waals surface area (Å²) in [6.45, 7) is 3.65. The number of carbonyl (C=O) groups is 1. The van der Waals surface area contributed by atoms with Crippen LogP contribution in [0.15, 0.2) is 12.7 Å². The zero-order chi connectivity index (χ0) is 8.10. The second-order valence-corrected chi connectivity index (χ2v) is 2.88. The molecule has 0 aromatic carbocycles. The zero-order valence-electron chi connectivity index (χ0n) is 6.66. The summed E-state index contributed by atoms with van der Waals surface area (Å²) < 4.78 is 5.54. The van der Waals surface area contributed by atoms with Gasteiger partial charge in [0.05, 0.1) is 12.2 Å². The Morgan fingerprint density at radius 3 is 2.55 bits per heavy atom. The maximum absolute atomic E-state index is 10.1. The van der Waals surface area contributed by atoms with Gasteiger partial charge in [-0.05, 0) is 19.3 Å². The quantitative estimate of drug-likeness (QED) is 0.455. The van der Waals surface area contributed by atoms with Gasteiger partial charge in [0.1, 0.15) is 6.29 Å². The Morgan fingerprint density at radius 1 is 1.36 bits per heavy atom. The van der Waals surface area contributed by atoms with E-state index in [-0.39, 0.29) is 6.10 Å². The van der Waals surface area contributed by atoms with Crippen molar-refractivity contribution in [1.29, 1.82) is 0 Å². The second-order valence-electron chi connectivity index (χ2n) is 2.88. The molecular weight excluding hydrogens is 140 g/mol. The van der Waals surface area contributed by atoms with Gasteiger partial charge in [-0.2, -0.15) is 0 Å². The molecule has 11 heavy (non-hydrogen) atoms. The molecule has 0 radical (unpaired) electrons.